The minimum atomic E-state index is -4.48. The predicted molar refractivity (Wildman–Crippen MR) is 71.5 cm³/mol. The van der Waals surface area contributed by atoms with E-state index >= 15 is 0 Å². The van der Waals surface area contributed by atoms with E-state index in [1.165, 1.54) is 19.4 Å². The summed E-state index contributed by atoms with van der Waals surface area (Å²) in [6.45, 7) is 0. The Morgan fingerprint density at radius 2 is 2.00 bits per heavy atom. The van der Waals surface area contributed by atoms with Gasteiger partial charge in [-0.2, -0.15) is 23.4 Å². The molecule has 0 saturated carbocycles. The number of benzene rings is 1. The maximum absolute atomic E-state index is 12.8. The number of hydrogen-bond acceptors (Lipinski definition) is 4. The number of methoxy groups -OCH3 is 1. The summed E-state index contributed by atoms with van der Waals surface area (Å²) in [5.41, 5.74) is -0.526. The SMILES string of the molecule is COc1cc(C(F)(F)F)ccc1-c1n[nH]c(=O)c2[nH]ncc12. The van der Waals surface area contributed by atoms with Crippen molar-refractivity contribution >= 4 is 10.9 Å². The lowest BCUT2D eigenvalue weighted by atomic mass is 10.0. The molecule has 0 aliphatic heterocycles. The van der Waals surface area contributed by atoms with Gasteiger partial charge >= 0.3 is 6.18 Å². The number of hydrogen-bond donors (Lipinski definition) is 2. The van der Waals surface area contributed by atoms with Crippen LogP contribution in [-0.4, -0.2) is 27.5 Å². The summed E-state index contributed by atoms with van der Waals surface area (Å²) in [6.07, 6.45) is -3.10. The van der Waals surface area contributed by atoms with E-state index in [-0.39, 0.29) is 17.0 Å². The number of alkyl halides is 3. The number of aromatic nitrogens is 4. The average Bonchev–Trinajstić information content (AvgIpc) is 2.96. The van der Waals surface area contributed by atoms with E-state index in [0.29, 0.717) is 10.9 Å². The number of halogens is 3. The zero-order chi connectivity index (χ0) is 15.9. The van der Waals surface area contributed by atoms with Crippen LogP contribution >= 0.6 is 0 Å². The zero-order valence-electron chi connectivity index (χ0n) is 11.2. The number of aromatic amines is 2. The third kappa shape index (κ3) is 2.20. The molecule has 0 bridgehead atoms. The van der Waals surface area contributed by atoms with Gasteiger partial charge in [0.1, 0.15) is 17.0 Å². The summed E-state index contributed by atoms with van der Waals surface area (Å²) in [5.74, 6) is -0.00289. The van der Waals surface area contributed by atoms with E-state index in [1.807, 2.05) is 0 Å². The van der Waals surface area contributed by atoms with Crippen LogP contribution < -0.4 is 10.3 Å². The van der Waals surface area contributed by atoms with Gasteiger partial charge in [-0.1, -0.05) is 0 Å². The third-order valence-electron chi connectivity index (χ3n) is 3.17. The first kappa shape index (κ1) is 14.1. The van der Waals surface area contributed by atoms with Crippen LogP contribution in [0.5, 0.6) is 5.75 Å². The monoisotopic (exact) mass is 310 g/mol. The summed E-state index contributed by atoms with van der Waals surface area (Å²) < 4.78 is 43.3. The Labute approximate surface area is 120 Å². The van der Waals surface area contributed by atoms with Crippen molar-refractivity contribution in [2.45, 2.75) is 6.18 Å². The van der Waals surface area contributed by atoms with Gasteiger partial charge in [-0.3, -0.25) is 9.89 Å². The summed E-state index contributed by atoms with van der Waals surface area (Å²) in [4.78, 5) is 11.6. The smallest absolute Gasteiger partial charge is 0.416 e. The van der Waals surface area contributed by atoms with Crippen LogP contribution in [0.15, 0.2) is 29.2 Å². The second kappa shape index (κ2) is 4.86. The molecular formula is C13H9F3N4O2. The zero-order valence-corrected chi connectivity index (χ0v) is 11.2. The number of nitrogens with one attached hydrogen (secondary N) is 2. The van der Waals surface area contributed by atoms with Crippen LogP contribution in [0.3, 0.4) is 0 Å². The fourth-order valence-electron chi connectivity index (χ4n) is 2.13. The highest BCUT2D eigenvalue weighted by Gasteiger charge is 2.31. The van der Waals surface area contributed by atoms with Crippen LogP contribution in [-0.2, 0) is 6.18 Å². The normalized spacial score (nSPS) is 11.8. The molecule has 6 nitrogen and oxygen atoms in total. The molecule has 2 aromatic heterocycles. The molecule has 3 rings (SSSR count). The fourth-order valence-corrected chi connectivity index (χ4v) is 2.13. The molecular weight excluding hydrogens is 301 g/mol. The highest BCUT2D eigenvalue weighted by molar-refractivity contribution is 5.92. The molecule has 114 valence electrons. The van der Waals surface area contributed by atoms with Crippen molar-refractivity contribution in [3.8, 4) is 17.0 Å². The molecule has 0 aliphatic rings. The first-order valence-corrected chi connectivity index (χ1v) is 6.09. The van der Waals surface area contributed by atoms with Crippen molar-refractivity contribution in [3.63, 3.8) is 0 Å². The Kier molecular flexibility index (Phi) is 3.12. The van der Waals surface area contributed by atoms with Gasteiger partial charge in [0, 0.05) is 5.56 Å². The van der Waals surface area contributed by atoms with Crippen LogP contribution in [0.25, 0.3) is 22.2 Å². The van der Waals surface area contributed by atoms with Crippen LogP contribution in [0, 0.1) is 0 Å². The first-order chi connectivity index (χ1) is 10.4. The molecule has 0 spiro atoms. The summed E-state index contributed by atoms with van der Waals surface area (Å²) in [7, 11) is 1.26. The van der Waals surface area contributed by atoms with Crippen molar-refractivity contribution in [2.75, 3.05) is 7.11 Å². The van der Waals surface area contributed by atoms with Crippen molar-refractivity contribution < 1.29 is 17.9 Å². The number of fused-ring (bicyclic) bond motifs is 1. The third-order valence-corrected chi connectivity index (χ3v) is 3.17. The van der Waals surface area contributed by atoms with Gasteiger partial charge in [0.15, 0.2) is 0 Å². The second-order valence-corrected chi connectivity index (χ2v) is 4.47. The van der Waals surface area contributed by atoms with E-state index in [9.17, 15) is 18.0 Å². The van der Waals surface area contributed by atoms with Gasteiger partial charge in [0.2, 0.25) is 0 Å². The van der Waals surface area contributed by atoms with Gasteiger partial charge < -0.3 is 4.74 Å². The van der Waals surface area contributed by atoms with Gasteiger partial charge in [-0.15, -0.1) is 0 Å². The highest BCUT2D eigenvalue weighted by atomic mass is 19.4. The van der Waals surface area contributed by atoms with E-state index in [2.05, 4.69) is 20.4 Å². The molecule has 0 saturated heterocycles. The van der Waals surface area contributed by atoms with Gasteiger partial charge in [-0.05, 0) is 18.2 Å². The number of nitrogens with zero attached hydrogens (tertiary/aromatic N) is 2. The molecule has 0 unspecified atom stereocenters. The Morgan fingerprint density at radius 3 is 2.68 bits per heavy atom. The molecule has 2 heterocycles. The Bertz CT molecular complexity index is 898. The fraction of sp³-hybridized carbons (Fsp3) is 0.154. The van der Waals surface area contributed by atoms with E-state index in [0.717, 1.165) is 12.1 Å². The maximum atomic E-state index is 12.8. The second-order valence-electron chi connectivity index (χ2n) is 4.47. The minimum Gasteiger partial charge on any atom is -0.496 e. The lowest BCUT2D eigenvalue weighted by molar-refractivity contribution is -0.137. The van der Waals surface area contributed by atoms with Crippen LogP contribution in [0.2, 0.25) is 0 Å². The van der Waals surface area contributed by atoms with E-state index in [1.54, 1.807) is 0 Å². The molecule has 3 aromatic rings. The highest BCUT2D eigenvalue weighted by Crippen LogP contribution is 2.37. The minimum absolute atomic E-state index is 0.00289. The Hall–Kier alpha value is -2.84. The van der Waals surface area contributed by atoms with Crippen molar-refractivity contribution in [2.24, 2.45) is 0 Å². The quantitative estimate of drug-likeness (QED) is 0.761. The lowest BCUT2D eigenvalue weighted by Gasteiger charge is -2.12. The standard InChI is InChI=1S/C13H9F3N4O2/c1-22-9-4-6(13(14,15)16)2-3-7(9)10-8-5-17-18-11(8)12(21)20-19-10/h2-5H,1H3,(H,17,18)(H,20,21). The summed E-state index contributed by atoms with van der Waals surface area (Å²) in [5, 5.41) is 12.8. The van der Waals surface area contributed by atoms with E-state index < -0.39 is 17.3 Å². The lowest BCUT2D eigenvalue weighted by Crippen LogP contribution is -2.10. The summed E-state index contributed by atoms with van der Waals surface area (Å²) in [6, 6.07) is 3.05. The summed E-state index contributed by atoms with van der Waals surface area (Å²) >= 11 is 0. The molecule has 0 fully saturated rings. The molecule has 22 heavy (non-hydrogen) atoms. The number of rotatable bonds is 2. The topological polar surface area (TPSA) is 83.7 Å². The predicted octanol–water partition coefficient (Wildman–Crippen LogP) is 2.34. The maximum Gasteiger partial charge on any atom is 0.416 e. The molecule has 2 N–H and O–H groups in total. The molecule has 0 radical (unpaired) electrons. The van der Waals surface area contributed by atoms with Crippen molar-refractivity contribution in [1.29, 1.82) is 0 Å². The molecule has 9 heteroatoms. The Morgan fingerprint density at radius 1 is 1.23 bits per heavy atom. The first-order valence-electron chi connectivity index (χ1n) is 6.09. The molecule has 0 aliphatic carbocycles. The molecule has 0 atom stereocenters. The van der Waals surface area contributed by atoms with Crippen LogP contribution in [0.1, 0.15) is 5.56 Å². The molecule has 1 aromatic carbocycles. The van der Waals surface area contributed by atoms with Crippen molar-refractivity contribution in [3.05, 3.63) is 40.3 Å². The van der Waals surface area contributed by atoms with Gasteiger partial charge in [0.05, 0.1) is 24.3 Å². The van der Waals surface area contributed by atoms with Crippen LogP contribution in [0.4, 0.5) is 13.2 Å². The molecule has 0 amide bonds. The van der Waals surface area contributed by atoms with Gasteiger partial charge in [0.25, 0.3) is 5.56 Å². The van der Waals surface area contributed by atoms with E-state index in [4.69, 9.17) is 4.74 Å². The van der Waals surface area contributed by atoms with Gasteiger partial charge in [-0.25, -0.2) is 5.10 Å². The number of ether oxygens (including phenoxy) is 1. The Balaban J connectivity index is 2.25. The number of H-pyrrole nitrogens is 2. The average molecular weight is 310 g/mol. The van der Waals surface area contributed by atoms with Crippen molar-refractivity contribution in [1.82, 2.24) is 20.4 Å². The largest absolute Gasteiger partial charge is 0.496 e.